The van der Waals surface area contributed by atoms with Gasteiger partial charge in [0.2, 0.25) is 5.91 Å². The fraction of sp³-hybridized carbons (Fsp3) is 0.632. The number of methoxy groups -OCH3 is 1. The Balaban J connectivity index is 0.00000225. The third kappa shape index (κ3) is 5.02. The molecule has 1 saturated heterocycles. The van der Waals surface area contributed by atoms with Crippen LogP contribution in [0.5, 0.6) is 11.5 Å². The van der Waals surface area contributed by atoms with Crippen LogP contribution in [0.15, 0.2) is 24.3 Å². The van der Waals surface area contributed by atoms with Gasteiger partial charge >= 0.3 is 0 Å². The molecule has 0 bridgehead atoms. The maximum absolute atomic E-state index is 12.4. The number of ether oxygens (including phenoxy) is 2. The Morgan fingerprint density at radius 3 is 2.72 bits per heavy atom. The SMILES string of the molecule is COc1ccccc1OC(C)CNC(=O)C1CC2CCCCC2N1.Cl. The largest absolute Gasteiger partial charge is 0.493 e. The Kier molecular flexibility index (Phi) is 7.38. The Morgan fingerprint density at radius 2 is 2.00 bits per heavy atom. The molecule has 5 nitrogen and oxygen atoms in total. The summed E-state index contributed by atoms with van der Waals surface area (Å²) < 4.78 is 11.2. The van der Waals surface area contributed by atoms with Gasteiger partial charge in [0.15, 0.2) is 11.5 Å². The molecule has 2 aliphatic rings. The van der Waals surface area contributed by atoms with Crippen LogP contribution in [0, 0.1) is 5.92 Å². The number of hydrogen-bond acceptors (Lipinski definition) is 4. The Hall–Kier alpha value is -1.46. The number of hydrogen-bond donors (Lipinski definition) is 2. The summed E-state index contributed by atoms with van der Waals surface area (Å²) in [6, 6.07) is 8.05. The van der Waals surface area contributed by atoms with Crippen molar-refractivity contribution in [1.82, 2.24) is 10.6 Å². The van der Waals surface area contributed by atoms with Crippen LogP contribution in [0.2, 0.25) is 0 Å². The molecule has 0 spiro atoms. The fourth-order valence-corrected chi connectivity index (χ4v) is 3.86. The van der Waals surface area contributed by atoms with Crippen molar-refractivity contribution in [2.24, 2.45) is 5.92 Å². The van der Waals surface area contributed by atoms with Gasteiger partial charge in [-0.15, -0.1) is 12.4 Å². The topological polar surface area (TPSA) is 59.6 Å². The first-order chi connectivity index (χ1) is 11.7. The lowest BCUT2D eigenvalue weighted by Gasteiger charge is -2.24. The van der Waals surface area contributed by atoms with E-state index in [2.05, 4.69) is 10.6 Å². The summed E-state index contributed by atoms with van der Waals surface area (Å²) in [4.78, 5) is 12.4. The lowest BCUT2D eigenvalue weighted by Crippen LogP contribution is -2.45. The molecule has 1 aromatic rings. The van der Waals surface area contributed by atoms with Crippen molar-refractivity contribution in [3.63, 3.8) is 0 Å². The van der Waals surface area contributed by atoms with Gasteiger partial charge in [-0.05, 0) is 44.2 Å². The van der Waals surface area contributed by atoms with E-state index in [9.17, 15) is 4.79 Å². The second-order valence-electron chi connectivity index (χ2n) is 6.93. The van der Waals surface area contributed by atoms with E-state index in [1.807, 2.05) is 31.2 Å². The minimum Gasteiger partial charge on any atom is -0.493 e. The van der Waals surface area contributed by atoms with Crippen molar-refractivity contribution in [1.29, 1.82) is 0 Å². The number of benzene rings is 1. The van der Waals surface area contributed by atoms with Gasteiger partial charge in [0.25, 0.3) is 0 Å². The van der Waals surface area contributed by atoms with Crippen LogP contribution < -0.4 is 20.1 Å². The standard InChI is InChI=1S/C19H28N2O3.ClH/c1-13(24-18-10-6-5-9-17(18)23-2)12-20-19(22)16-11-14-7-3-4-8-15(14)21-16;/h5-6,9-10,13-16,21H,3-4,7-8,11-12H2,1-2H3,(H,20,22);1H. The predicted octanol–water partition coefficient (Wildman–Crippen LogP) is 2.92. The number of halogens is 1. The lowest BCUT2D eigenvalue weighted by atomic mass is 9.85. The summed E-state index contributed by atoms with van der Waals surface area (Å²) in [5.74, 6) is 2.18. The number of carbonyl (C=O) groups is 1. The van der Waals surface area contributed by atoms with E-state index in [1.165, 1.54) is 25.7 Å². The van der Waals surface area contributed by atoms with Gasteiger partial charge in [0.05, 0.1) is 19.7 Å². The second kappa shape index (κ2) is 9.30. The normalized spacial score (nSPS) is 26.1. The molecule has 1 saturated carbocycles. The molecule has 6 heteroatoms. The summed E-state index contributed by atoms with van der Waals surface area (Å²) in [6.45, 7) is 2.44. The highest BCUT2D eigenvalue weighted by Gasteiger charge is 2.38. The molecule has 0 aromatic heterocycles. The van der Waals surface area contributed by atoms with Crippen molar-refractivity contribution in [3.8, 4) is 11.5 Å². The number of amides is 1. The smallest absolute Gasteiger partial charge is 0.237 e. The molecule has 1 amide bonds. The van der Waals surface area contributed by atoms with Gasteiger partial charge in [-0.25, -0.2) is 0 Å². The zero-order chi connectivity index (χ0) is 16.9. The summed E-state index contributed by atoms with van der Waals surface area (Å²) in [7, 11) is 1.62. The van der Waals surface area contributed by atoms with Crippen LogP contribution in [-0.2, 0) is 4.79 Å². The molecule has 140 valence electrons. The molecular formula is C19H29ClN2O3. The highest BCUT2D eigenvalue weighted by atomic mass is 35.5. The maximum atomic E-state index is 12.4. The number of fused-ring (bicyclic) bond motifs is 1. The molecule has 0 radical (unpaired) electrons. The molecule has 4 atom stereocenters. The minimum absolute atomic E-state index is 0. The van der Waals surface area contributed by atoms with E-state index in [1.54, 1.807) is 7.11 Å². The Morgan fingerprint density at radius 1 is 1.28 bits per heavy atom. The third-order valence-corrected chi connectivity index (χ3v) is 5.14. The van der Waals surface area contributed by atoms with Crippen LogP contribution >= 0.6 is 12.4 Å². The molecule has 2 N–H and O–H groups in total. The van der Waals surface area contributed by atoms with Crippen LogP contribution in [0.1, 0.15) is 39.0 Å². The maximum Gasteiger partial charge on any atom is 0.237 e. The van der Waals surface area contributed by atoms with E-state index in [4.69, 9.17) is 9.47 Å². The average Bonchev–Trinajstić information content (AvgIpc) is 3.04. The van der Waals surface area contributed by atoms with E-state index >= 15 is 0 Å². The molecule has 2 fully saturated rings. The molecule has 1 aliphatic heterocycles. The minimum atomic E-state index is -0.117. The molecule has 25 heavy (non-hydrogen) atoms. The summed E-state index contributed by atoms with van der Waals surface area (Å²) in [6.07, 6.45) is 5.91. The lowest BCUT2D eigenvalue weighted by molar-refractivity contribution is -0.123. The zero-order valence-electron chi connectivity index (χ0n) is 15.0. The van der Waals surface area contributed by atoms with Crippen molar-refractivity contribution in [2.75, 3.05) is 13.7 Å². The quantitative estimate of drug-likeness (QED) is 0.810. The molecule has 1 aliphatic carbocycles. The van der Waals surface area contributed by atoms with Crippen LogP contribution in [0.3, 0.4) is 0 Å². The number of rotatable bonds is 6. The van der Waals surface area contributed by atoms with Crippen molar-refractivity contribution < 1.29 is 14.3 Å². The highest BCUT2D eigenvalue weighted by molar-refractivity contribution is 5.85. The van der Waals surface area contributed by atoms with E-state index in [0.29, 0.717) is 30.0 Å². The first-order valence-electron chi connectivity index (χ1n) is 9.01. The molecule has 3 rings (SSSR count). The van der Waals surface area contributed by atoms with Crippen LogP contribution in [0.25, 0.3) is 0 Å². The first-order valence-corrected chi connectivity index (χ1v) is 9.01. The van der Waals surface area contributed by atoms with Gasteiger partial charge in [-0.1, -0.05) is 25.0 Å². The molecular weight excluding hydrogens is 340 g/mol. The number of nitrogens with one attached hydrogen (secondary N) is 2. The highest BCUT2D eigenvalue weighted by Crippen LogP contribution is 2.33. The molecule has 1 heterocycles. The van der Waals surface area contributed by atoms with Crippen LogP contribution in [-0.4, -0.2) is 37.7 Å². The van der Waals surface area contributed by atoms with Gasteiger partial charge in [-0.3, -0.25) is 4.79 Å². The monoisotopic (exact) mass is 368 g/mol. The van der Waals surface area contributed by atoms with Crippen molar-refractivity contribution in [2.45, 2.75) is 57.2 Å². The Labute approximate surface area is 156 Å². The van der Waals surface area contributed by atoms with Gasteiger partial charge in [-0.2, -0.15) is 0 Å². The third-order valence-electron chi connectivity index (χ3n) is 5.14. The van der Waals surface area contributed by atoms with Gasteiger partial charge in [0.1, 0.15) is 6.10 Å². The van der Waals surface area contributed by atoms with Gasteiger partial charge in [0, 0.05) is 6.04 Å². The van der Waals surface area contributed by atoms with Crippen molar-refractivity contribution in [3.05, 3.63) is 24.3 Å². The van der Waals surface area contributed by atoms with E-state index < -0.39 is 0 Å². The van der Waals surface area contributed by atoms with Gasteiger partial charge < -0.3 is 20.1 Å². The predicted molar refractivity (Wildman–Crippen MR) is 101 cm³/mol. The number of para-hydroxylation sites is 2. The van der Waals surface area contributed by atoms with E-state index in [-0.39, 0.29) is 30.5 Å². The first kappa shape index (κ1) is 19.9. The van der Waals surface area contributed by atoms with E-state index in [0.717, 1.165) is 6.42 Å². The summed E-state index contributed by atoms with van der Waals surface area (Å²) in [5, 5.41) is 6.54. The van der Waals surface area contributed by atoms with Crippen LogP contribution in [0.4, 0.5) is 0 Å². The molecule has 1 aromatic carbocycles. The second-order valence-corrected chi connectivity index (χ2v) is 6.93. The zero-order valence-corrected chi connectivity index (χ0v) is 15.8. The summed E-state index contributed by atoms with van der Waals surface area (Å²) >= 11 is 0. The van der Waals surface area contributed by atoms with Crippen molar-refractivity contribution >= 4 is 18.3 Å². The summed E-state index contributed by atoms with van der Waals surface area (Å²) in [5.41, 5.74) is 0. The number of carbonyl (C=O) groups excluding carboxylic acids is 1. The fourth-order valence-electron chi connectivity index (χ4n) is 3.86. The Bertz CT molecular complexity index is 555. The average molecular weight is 369 g/mol. The molecule has 4 unspecified atom stereocenters.